The molecule has 0 aliphatic carbocycles. The van der Waals surface area contributed by atoms with Gasteiger partial charge in [0.25, 0.3) is 0 Å². The third-order valence-electron chi connectivity index (χ3n) is 2.27. The highest BCUT2D eigenvalue weighted by Crippen LogP contribution is 2.31. The average Bonchev–Trinajstić information content (AvgIpc) is 2.28. The molecule has 0 N–H and O–H groups in total. The minimum absolute atomic E-state index is 0.0349. The van der Waals surface area contributed by atoms with Crippen molar-refractivity contribution in [2.45, 2.75) is 19.5 Å². The summed E-state index contributed by atoms with van der Waals surface area (Å²) in [6.07, 6.45) is 3.97. The highest BCUT2D eigenvalue weighted by atomic mass is 19.4. The van der Waals surface area contributed by atoms with Crippen LogP contribution in [0.2, 0.25) is 0 Å². The molecule has 96 valence electrons. The number of alkyl halides is 3. The fraction of sp³-hybridized carbons (Fsp3) is 0.214. The molecule has 0 aliphatic heterocycles. The molecule has 0 fully saturated rings. The predicted molar refractivity (Wildman–Crippen MR) is 66.0 cm³/mol. The molecule has 0 spiro atoms. The van der Waals surface area contributed by atoms with Crippen LogP contribution in [0.3, 0.4) is 0 Å². The van der Waals surface area contributed by atoms with Gasteiger partial charge in [-0.2, -0.15) is 13.2 Å². The van der Waals surface area contributed by atoms with Crippen molar-refractivity contribution in [3.63, 3.8) is 0 Å². The third-order valence-corrected chi connectivity index (χ3v) is 2.27. The molecular formula is C14H14F3N. The van der Waals surface area contributed by atoms with Gasteiger partial charge in [0, 0.05) is 12.6 Å². The number of rotatable bonds is 4. The highest BCUT2D eigenvalue weighted by Gasteiger charge is 2.33. The number of allylic oxidation sites excluding steroid dienone is 5. The maximum atomic E-state index is 12.7. The molecule has 1 rings (SSSR count). The molecule has 1 aromatic heterocycles. The normalized spacial score (nSPS) is 13.0. The molecule has 0 bridgehead atoms. The van der Waals surface area contributed by atoms with Crippen molar-refractivity contribution in [3.05, 3.63) is 66.0 Å². The van der Waals surface area contributed by atoms with Gasteiger partial charge < -0.3 is 0 Å². The van der Waals surface area contributed by atoms with E-state index >= 15 is 0 Å². The van der Waals surface area contributed by atoms with Crippen molar-refractivity contribution >= 4 is 0 Å². The molecule has 4 heteroatoms. The summed E-state index contributed by atoms with van der Waals surface area (Å²) in [6.45, 7) is 5.39. The summed E-state index contributed by atoms with van der Waals surface area (Å²) in [5, 5.41) is 0. The summed E-state index contributed by atoms with van der Waals surface area (Å²) < 4.78 is 38.0. The van der Waals surface area contributed by atoms with E-state index in [1.54, 1.807) is 24.3 Å². The lowest BCUT2D eigenvalue weighted by Crippen LogP contribution is -2.10. The lowest BCUT2D eigenvalue weighted by molar-refractivity contribution is -0.138. The second-order valence-electron chi connectivity index (χ2n) is 3.75. The quantitative estimate of drug-likeness (QED) is 0.728. The molecule has 0 radical (unpaired) electrons. The molecule has 0 amide bonds. The maximum Gasteiger partial charge on any atom is 0.418 e. The van der Waals surface area contributed by atoms with Gasteiger partial charge in [0.1, 0.15) is 0 Å². The Bertz CT molecular complexity index is 470. The van der Waals surface area contributed by atoms with Crippen LogP contribution in [0.15, 0.2) is 54.8 Å². The largest absolute Gasteiger partial charge is 0.418 e. The number of aromatic nitrogens is 1. The van der Waals surface area contributed by atoms with Crippen LogP contribution in [0.25, 0.3) is 0 Å². The van der Waals surface area contributed by atoms with Crippen molar-refractivity contribution in [1.82, 2.24) is 4.98 Å². The van der Waals surface area contributed by atoms with Gasteiger partial charge in [0.2, 0.25) is 0 Å². The Kier molecular flexibility index (Phi) is 4.89. The standard InChI is InChI=1S/C14H14F3N/c1-3-6-11(2)7-4-9-13-12(14(15,16)17)8-5-10-18-13/h3-8,10H,1,9H2,2H3/b7-4-,11-6-. The first kappa shape index (κ1) is 14.2. The van der Waals surface area contributed by atoms with Crippen LogP contribution < -0.4 is 0 Å². The van der Waals surface area contributed by atoms with Gasteiger partial charge in [-0.25, -0.2) is 0 Å². The lowest BCUT2D eigenvalue weighted by Gasteiger charge is -2.09. The Morgan fingerprint density at radius 1 is 1.44 bits per heavy atom. The van der Waals surface area contributed by atoms with Crippen LogP contribution in [0.5, 0.6) is 0 Å². The topological polar surface area (TPSA) is 12.9 Å². The van der Waals surface area contributed by atoms with Crippen molar-refractivity contribution in [2.75, 3.05) is 0 Å². The van der Waals surface area contributed by atoms with Gasteiger partial charge in [0.15, 0.2) is 0 Å². The number of hydrogen-bond donors (Lipinski definition) is 0. The van der Waals surface area contributed by atoms with Crippen LogP contribution >= 0.6 is 0 Å². The second kappa shape index (κ2) is 6.19. The summed E-state index contributed by atoms with van der Waals surface area (Å²) >= 11 is 0. The number of hydrogen-bond acceptors (Lipinski definition) is 1. The SMILES string of the molecule is C=C/C=C(C)\C=C/Cc1ncccc1C(F)(F)F. The Morgan fingerprint density at radius 3 is 2.78 bits per heavy atom. The first-order chi connectivity index (χ1) is 8.45. The highest BCUT2D eigenvalue weighted by molar-refractivity contribution is 5.27. The van der Waals surface area contributed by atoms with E-state index in [-0.39, 0.29) is 12.1 Å². The predicted octanol–water partition coefficient (Wildman–Crippen LogP) is 4.33. The summed E-state index contributed by atoms with van der Waals surface area (Å²) in [4.78, 5) is 3.78. The minimum Gasteiger partial charge on any atom is -0.260 e. The molecule has 1 nitrogen and oxygen atoms in total. The lowest BCUT2D eigenvalue weighted by atomic mass is 10.1. The van der Waals surface area contributed by atoms with Crippen molar-refractivity contribution in [3.8, 4) is 0 Å². The van der Waals surface area contributed by atoms with Gasteiger partial charge in [0.05, 0.1) is 11.3 Å². The Balaban J connectivity index is 2.86. The second-order valence-corrected chi connectivity index (χ2v) is 3.75. The van der Waals surface area contributed by atoms with E-state index in [1.807, 2.05) is 6.92 Å². The van der Waals surface area contributed by atoms with Gasteiger partial charge in [-0.05, 0) is 19.1 Å². The zero-order chi connectivity index (χ0) is 13.6. The Morgan fingerprint density at radius 2 is 2.17 bits per heavy atom. The Labute approximate surface area is 104 Å². The van der Waals surface area contributed by atoms with Crippen LogP contribution in [-0.4, -0.2) is 4.98 Å². The minimum atomic E-state index is -4.36. The molecule has 0 saturated heterocycles. The maximum absolute atomic E-state index is 12.7. The van der Waals surface area contributed by atoms with Gasteiger partial charge in [-0.1, -0.05) is 36.5 Å². The third kappa shape index (κ3) is 4.20. The summed E-state index contributed by atoms with van der Waals surface area (Å²) in [7, 11) is 0. The van der Waals surface area contributed by atoms with Crippen LogP contribution in [0.1, 0.15) is 18.2 Å². The van der Waals surface area contributed by atoms with Crippen molar-refractivity contribution < 1.29 is 13.2 Å². The molecule has 0 saturated carbocycles. The molecular weight excluding hydrogens is 239 g/mol. The first-order valence-electron chi connectivity index (χ1n) is 5.42. The molecule has 1 heterocycles. The van der Waals surface area contributed by atoms with Crippen LogP contribution in [0.4, 0.5) is 13.2 Å². The van der Waals surface area contributed by atoms with E-state index in [4.69, 9.17) is 0 Å². The smallest absolute Gasteiger partial charge is 0.260 e. The molecule has 18 heavy (non-hydrogen) atoms. The van der Waals surface area contributed by atoms with Gasteiger partial charge in [-0.15, -0.1) is 0 Å². The van der Waals surface area contributed by atoms with E-state index in [9.17, 15) is 13.2 Å². The molecule has 0 atom stereocenters. The molecule has 1 aromatic rings. The first-order valence-corrected chi connectivity index (χ1v) is 5.42. The van der Waals surface area contributed by atoms with Crippen molar-refractivity contribution in [1.29, 1.82) is 0 Å². The fourth-order valence-electron chi connectivity index (χ4n) is 1.46. The zero-order valence-corrected chi connectivity index (χ0v) is 10.0. The monoisotopic (exact) mass is 253 g/mol. The van der Waals surface area contributed by atoms with Crippen LogP contribution in [-0.2, 0) is 12.6 Å². The Hall–Kier alpha value is -1.84. The van der Waals surface area contributed by atoms with E-state index in [0.717, 1.165) is 11.6 Å². The van der Waals surface area contributed by atoms with Gasteiger partial charge in [-0.3, -0.25) is 4.98 Å². The number of pyridine rings is 1. The summed E-state index contributed by atoms with van der Waals surface area (Å²) in [6, 6.07) is 2.33. The summed E-state index contributed by atoms with van der Waals surface area (Å²) in [5.41, 5.74) is 0.280. The average molecular weight is 253 g/mol. The number of halogens is 3. The van der Waals surface area contributed by atoms with E-state index in [2.05, 4.69) is 11.6 Å². The molecule has 0 aromatic carbocycles. The van der Waals surface area contributed by atoms with E-state index in [1.165, 1.54) is 12.3 Å². The number of nitrogens with zero attached hydrogens (tertiary/aromatic N) is 1. The van der Waals surface area contributed by atoms with Gasteiger partial charge >= 0.3 is 6.18 Å². The zero-order valence-electron chi connectivity index (χ0n) is 10.0. The molecule has 0 aliphatic rings. The molecule has 0 unspecified atom stereocenters. The van der Waals surface area contributed by atoms with Crippen molar-refractivity contribution in [2.24, 2.45) is 0 Å². The fourth-order valence-corrected chi connectivity index (χ4v) is 1.46. The van der Waals surface area contributed by atoms with E-state index < -0.39 is 11.7 Å². The summed E-state index contributed by atoms with van der Waals surface area (Å²) in [5.74, 6) is 0. The van der Waals surface area contributed by atoms with E-state index in [0.29, 0.717) is 0 Å². The van der Waals surface area contributed by atoms with Crippen LogP contribution in [0, 0.1) is 0 Å².